The molecule has 0 unspecified atom stereocenters. The van der Waals surface area contributed by atoms with E-state index in [2.05, 4.69) is 25.8 Å². The molecule has 4 rings (SSSR count). The van der Waals surface area contributed by atoms with Gasteiger partial charge in [-0.25, -0.2) is 0 Å². The molecule has 1 aromatic heterocycles. The van der Waals surface area contributed by atoms with Crippen molar-refractivity contribution in [3.05, 3.63) is 100 Å². The highest BCUT2D eigenvalue weighted by atomic mass is 16.5. The molecule has 1 amide bonds. The number of ketones is 1. The molecule has 1 fully saturated rings. The maximum atomic E-state index is 13.4. The number of pyridine rings is 1. The lowest BCUT2D eigenvalue weighted by Gasteiger charge is -2.26. The Morgan fingerprint density at radius 3 is 2.41 bits per heavy atom. The number of carbonyl (C=O) groups excluding carboxylic acids is 2. The normalized spacial score (nSPS) is 17.3. The van der Waals surface area contributed by atoms with Gasteiger partial charge in [-0.15, -0.1) is 0 Å². The van der Waals surface area contributed by atoms with Gasteiger partial charge in [0.05, 0.1) is 18.2 Å². The van der Waals surface area contributed by atoms with E-state index in [1.54, 1.807) is 30.6 Å². The van der Waals surface area contributed by atoms with Gasteiger partial charge in [-0.1, -0.05) is 58.0 Å². The monoisotopic (exact) mass is 498 g/mol. The zero-order valence-electron chi connectivity index (χ0n) is 22.1. The summed E-state index contributed by atoms with van der Waals surface area (Å²) in [6.45, 7) is 11.1. The molecule has 37 heavy (non-hydrogen) atoms. The van der Waals surface area contributed by atoms with E-state index in [1.807, 2.05) is 50.2 Å². The van der Waals surface area contributed by atoms with Crippen LogP contribution in [0.25, 0.3) is 5.76 Å². The van der Waals surface area contributed by atoms with E-state index in [-0.39, 0.29) is 23.3 Å². The van der Waals surface area contributed by atoms with E-state index in [4.69, 9.17) is 4.74 Å². The van der Waals surface area contributed by atoms with Crippen LogP contribution in [0.1, 0.15) is 68.0 Å². The van der Waals surface area contributed by atoms with Crippen molar-refractivity contribution in [3.8, 4) is 5.75 Å². The molecule has 0 saturated carbocycles. The summed E-state index contributed by atoms with van der Waals surface area (Å²) in [4.78, 5) is 32.4. The highest BCUT2D eigenvalue weighted by Crippen LogP contribution is 2.41. The van der Waals surface area contributed by atoms with Gasteiger partial charge in [-0.2, -0.15) is 0 Å². The quantitative estimate of drug-likeness (QED) is 0.242. The van der Waals surface area contributed by atoms with Crippen LogP contribution in [0.4, 0.5) is 0 Å². The summed E-state index contributed by atoms with van der Waals surface area (Å²) in [6.07, 6.45) is 4.23. The molecule has 0 aliphatic carbocycles. The SMILES string of the molecule is CCCOc1ccc(C(O)=C2C(=O)C(=O)N(Cc3cccnc3)[C@H]2c2ccc(C(C)(C)C)cc2)c(C)c1. The lowest BCUT2D eigenvalue weighted by Crippen LogP contribution is -2.29. The van der Waals surface area contributed by atoms with Gasteiger partial charge in [0.15, 0.2) is 0 Å². The Bertz CT molecular complexity index is 1320. The van der Waals surface area contributed by atoms with E-state index in [0.29, 0.717) is 17.9 Å². The number of hydrogen-bond acceptors (Lipinski definition) is 5. The summed E-state index contributed by atoms with van der Waals surface area (Å²) in [5.74, 6) is -0.827. The number of aromatic nitrogens is 1. The molecule has 3 aromatic rings. The fourth-order valence-corrected chi connectivity index (χ4v) is 4.60. The smallest absolute Gasteiger partial charge is 0.295 e. The fourth-order valence-electron chi connectivity index (χ4n) is 4.60. The lowest BCUT2D eigenvalue weighted by molar-refractivity contribution is -0.140. The molecule has 0 radical (unpaired) electrons. The second-order valence-electron chi connectivity index (χ2n) is 10.5. The van der Waals surface area contributed by atoms with E-state index >= 15 is 0 Å². The zero-order valence-corrected chi connectivity index (χ0v) is 22.1. The topological polar surface area (TPSA) is 79.7 Å². The van der Waals surface area contributed by atoms with Gasteiger partial charge in [0.1, 0.15) is 11.5 Å². The summed E-state index contributed by atoms with van der Waals surface area (Å²) >= 11 is 0. The summed E-state index contributed by atoms with van der Waals surface area (Å²) in [7, 11) is 0. The maximum absolute atomic E-state index is 13.4. The molecule has 0 bridgehead atoms. The third-order valence-electron chi connectivity index (χ3n) is 6.63. The van der Waals surface area contributed by atoms with Crippen LogP contribution in [-0.4, -0.2) is 33.3 Å². The number of aliphatic hydroxyl groups is 1. The van der Waals surface area contributed by atoms with Gasteiger partial charge in [0, 0.05) is 24.5 Å². The van der Waals surface area contributed by atoms with E-state index < -0.39 is 17.7 Å². The summed E-state index contributed by atoms with van der Waals surface area (Å²) in [5, 5.41) is 11.5. The molecule has 6 heteroatoms. The Hall–Kier alpha value is -3.93. The van der Waals surface area contributed by atoms with Crippen LogP contribution in [-0.2, 0) is 21.5 Å². The van der Waals surface area contributed by atoms with Gasteiger partial charge in [0.25, 0.3) is 11.7 Å². The number of benzene rings is 2. The van der Waals surface area contributed by atoms with Crippen molar-refractivity contribution < 1.29 is 19.4 Å². The van der Waals surface area contributed by atoms with Crippen LogP contribution in [0.2, 0.25) is 0 Å². The van der Waals surface area contributed by atoms with Crippen molar-refractivity contribution >= 4 is 17.4 Å². The number of nitrogens with zero attached hydrogens (tertiary/aromatic N) is 2. The first kappa shape index (κ1) is 26.1. The van der Waals surface area contributed by atoms with Crippen molar-refractivity contribution in [1.29, 1.82) is 0 Å². The lowest BCUT2D eigenvalue weighted by atomic mass is 9.85. The first-order valence-electron chi connectivity index (χ1n) is 12.6. The maximum Gasteiger partial charge on any atom is 0.295 e. The number of Topliss-reactive ketones (excluding diaryl/α,β-unsaturated/α-hetero) is 1. The van der Waals surface area contributed by atoms with Crippen molar-refractivity contribution in [1.82, 2.24) is 9.88 Å². The second kappa shape index (κ2) is 10.6. The Kier molecular flexibility index (Phi) is 7.48. The number of likely N-dealkylation sites (tertiary alicyclic amines) is 1. The van der Waals surface area contributed by atoms with Crippen molar-refractivity contribution in [3.63, 3.8) is 0 Å². The van der Waals surface area contributed by atoms with Gasteiger partial charge < -0.3 is 14.7 Å². The van der Waals surface area contributed by atoms with E-state index in [9.17, 15) is 14.7 Å². The van der Waals surface area contributed by atoms with E-state index in [0.717, 1.165) is 28.7 Å². The molecule has 0 spiro atoms. The van der Waals surface area contributed by atoms with Crippen LogP contribution in [0.3, 0.4) is 0 Å². The Morgan fingerprint density at radius 2 is 1.81 bits per heavy atom. The highest BCUT2D eigenvalue weighted by molar-refractivity contribution is 6.46. The van der Waals surface area contributed by atoms with Gasteiger partial charge in [-0.3, -0.25) is 14.6 Å². The highest BCUT2D eigenvalue weighted by Gasteiger charge is 2.46. The van der Waals surface area contributed by atoms with Crippen LogP contribution >= 0.6 is 0 Å². The number of ether oxygens (including phenoxy) is 1. The zero-order chi connectivity index (χ0) is 26.7. The van der Waals surface area contributed by atoms with Gasteiger partial charge in [-0.05, 0) is 65.3 Å². The fraction of sp³-hybridized carbons (Fsp3) is 0.323. The molecular weight excluding hydrogens is 464 g/mol. The minimum absolute atomic E-state index is 0.0469. The van der Waals surface area contributed by atoms with Crippen LogP contribution < -0.4 is 4.74 Å². The van der Waals surface area contributed by atoms with Crippen LogP contribution in [0.15, 0.2) is 72.6 Å². The standard InChI is InChI=1S/C31H34N2O4/c1-6-16-37-24-13-14-25(20(2)17-24)28(34)26-27(22-9-11-23(12-10-22)31(3,4)5)33(30(36)29(26)35)19-21-8-7-15-32-18-21/h7-15,17-18,27,34H,6,16,19H2,1-5H3/t27-/m0/s1. The molecule has 1 aliphatic rings. The van der Waals surface area contributed by atoms with Gasteiger partial charge >= 0.3 is 0 Å². The van der Waals surface area contributed by atoms with Crippen molar-refractivity contribution in [2.75, 3.05) is 6.61 Å². The van der Waals surface area contributed by atoms with Crippen LogP contribution in [0.5, 0.6) is 5.75 Å². The second-order valence-corrected chi connectivity index (χ2v) is 10.5. The number of hydrogen-bond donors (Lipinski definition) is 1. The number of aliphatic hydroxyl groups excluding tert-OH is 1. The molecular formula is C31H34N2O4. The number of rotatable bonds is 7. The molecule has 1 atom stereocenters. The molecule has 1 N–H and O–H groups in total. The molecule has 192 valence electrons. The largest absolute Gasteiger partial charge is 0.507 e. The van der Waals surface area contributed by atoms with Gasteiger partial charge in [0.2, 0.25) is 0 Å². The average Bonchev–Trinajstić information content (AvgIpc) is 3.12. The molecule has 1 saturated heterocycles. The first-order valence-corrected chi connectivity index (χ1v) is 12.6. The Morgan fingerprint density at radius 1 is 1.08 bits per heavy atom. The first-order chi connectivity index (χ1) is 17.6. The third-order valence-corrected chi connectivity index (χ3v) is 6.63. The number of aryl methyl sites for hydroxylation is 1. The summed E-state index contributed by atoms with van der Waals surface area (Å²) < 4.78 is 5.71. The predicted octanol–water partition coefficient (Wildman–Crippen LogP) is 6.10. The minimum atomic E-state index is -0.732. The summed E-state index contributed by atoms with van der Waals surface area (Å²) in [5.41, 5.74) is 3.99. The number of amides is 1. The van der Waals surface area contributed by atoms with Crippen molar-refractivity contribution in [2.24, 2.45) is 0 Å². The minimum Gasteiger partial charge on any atom is -0.507 e. The molecule has 1 aliphatic heterocycles. The Balaban J connectivity index is 1.83. The molecule has 2 aromatic carbocycles. The third kappa shape index (κ3) is 5.43. The predicted molar refractivity (Wildman–Crippen MR) is 144 cm³/mol. The summed E-state index contributed by atoms with van der Waals surface area (Å²) in [6, 6.07) is 16.2. The molecule has 6 nitrogen and oxygen atoms in total. The molecule has 2 heterocycles. The number of carbonyl (C=O) groups is 2. The average molecular weight is 499 g/mol. The van der Waals surface area contributed by atoms with E-state index in [1.165, 1.54) is 4.90 Å². The van der Waals surface area contributed by atoms with Crippen LogP contribution in [0, 0.1) is 6.92 Å². The Labute approximate surface area is 218 Å². The van der Waals surface area contributed by atoms with Crippen molar-refractivity contribution in [2.45, 2.75) is 59.0 Å².